The predicted molar refractivity (Wildman–Crippen MR) is 77.3 cm³/mol. The van der Waals surface area contributed by atoms with Crippen LogP contribution >= 0.6 is 11.6 Å². The predicted octanol–water partition coefficient (Wildman–Crippen LogP) is 0.934. The van der Waals surface area contributed by atoms with Gasteiger partial charge in [0, 0.05) is 19.6 Å². The first-order valence-electron chi connectivity index (χ1n) is 6.85. The number of hydrogen-bond acceptors (Lipinski definition) is 7. The van der Waals surface area contributed by atoms with Gasteiger partial charge in [-0.3, -0.25) is 0 Å². The lowest BCUT2D eigenvalue weighted by Crippen LogP contribution is -2.37. The van der Waals surface area contributed by atoms with Crippen molar-refractivity contribution in [2.24, 2.45) is 0 Å². The van der Waals surface area contributed by atoms with Gasteiger partial charge < -0.3 is 20.1 Å². The molecule has 1 saturated heterocycles. The van der Waals surface area contributed by atoms with Gasteiger partial charge in [0.25, 0.3) is 0 Å². The Morgan fingerprint density at radius 3 is 2.80 bits per heavy atom. The molecule has 2 heterocycles. The molecule has 0 radical (unpaired) electrons. The summed E-state index contributed by atoms with van der Waals surface area (Å²) >= 11 is 5.92. The van der Waals surface area contributed by atoms with Crippen molar-refractivity contribution in [2.75, 3.05) is 43.1 Å². The Morgan fingerprint density at radius 2 is 2.10 bits per heavy atom. The van der Waals surface area contributed by atoms with Gasteiger partial charge in [-0.1, -0.05) is 13.3 Å². The molecule has 1 aliphatic heterocycles. The zero-order valence-electron chi connectivity index (χ0n) is 11.5. The Bertz CT molecular complexity index is 428. The Hall–Kier alpha value is -1.18. The summed E-state index contributed by atoms with van der Waals surface area (Å²) < 4.78 is 5.29. The number of nitrogens with zero attached hydrogens (tertiary/aromatic N) is 4. The molecule has 2 N–H and O–H groups in total. The molecule has 7 nitrogen and oxygen atoms in total. The number of ether oxygens (including phenoxy) is 1. The average molecular weight is 302 g/mol. The fourth-order valence-electron chi connectivity index (χ4n) is 1.97. The lowest BCUT2D eigenvalue weighted by atomic mass is 10.2. The van der Waals surface area contributed by atoms with Gasteiger partial charge in [-0.2, -0.15) is 15.0 Å². The normalized spacial score (nSPS) is 17.1. The molecular formula is C12H20ClN5O2. The van der Waals surface area contributed by atoms with E-state index in [-0.39, 0.29) is 5.28 Å². The highest BCUT2D eigenvalue weighted by Crippen LogP contribution is 2.15. The van der Waals surface area contributed by atoms with Crippen molar-refractivity contribution < 1.29 is 9.84 Å². The Morgan fingerprint density at radius 1 is 1.35 bits per heavy atom. The SMILES string of the molecule is CCCC(O)CNc1nc(Cl)nc(N2CCOCC2)n1. The van der Waals surface area contributed by atoms with Crippen molar-refractivity contribution in [3.8, 4) is 0 Å². The van der Waals surface area contributed by atoms with E-state index in [1.807, 2.05) is 11.8 Å². The summed E-state index contributed by atoms with van der Waals surface area (Å²) in [4.78, 5) is 14.5. The molecule has 112 valence electrons. The molecule has 0 bridgehead atoms. The average Bonchev–Trinajstić information content (AvgIpc) is 2.46. The molecule has 0 aliphatic carbocycles. The summed E-state index contributed by atoms with van der Waals surface area (Å²) in [5.74, 6) is 0.933. The van der Waals surface area contributed by atoms with Crippen molar-refractivity contribution in [3.05, 3.63) is 5.28 Å². The minimum Gasteiger partial charge on any atom is -0.391 e. The van der Waals surface area contributed by atoms with Gasteiger partial charge >= 0.3 is 0 Å². The lowest BCUT2D eigenvalue weighted by Gasteiger charge is -2.26. The van der Waals surface area contributed by atoms with Crippen LogP contribution in [0.3, 0.4) is 0 Å². The molecule has 1 atom stereocenters. The van der Waals surface area contributed by atoms with Crippen LogP contribution in [0, 0.1) is 0 Å². The van der Waals surface area contributed by atoms with Crippen molar-refractivity contribution in [2.45, 2.75) is 25.9 Å². The summed E-state index contributed by atoms with van der Waals surface area (Å²) in [5, 5.41) is 12.8. The topological polar surface area (TPSA) is 83.4 Å². The third-order valence-corrected chi connectivity index (χ3v) is 3.18. The molecule has 2 rings (SSSR count). The van der Waals surface area contributed by atoms with Gasteiger partial charge in [0.15, 0.2) is 0 Å². The number of aliphatic hydroxyl groups excluding tert-OH is 1. The number of nitrogens with one attached hydrogen (secondary N) is 1. The van der Waals surface area contributed by atoms with Crippen LogP contribution in [0.5, 0.6) is 0 Å². The third-order valence-electron chi connectivity index (χ3n) is 3.01. The first-order chi connectivity index (χ1) is 9.69. The van der Waals surface area contributed by atoms with E-state index >= 15 is 0 Å². The van der Waals surface area contributed by atoms with Gasteiger partial charge in [0.1, 0.15) is 0 Å². The quantitative estimate of drug-likeness (QED) is 0.809. The van der Waals surface area contributed by atoms with Crippen LogP contribution in [0.4, 0.5) is 11.9 Å². The number of aliphatic hydroxyl groups is 1. The van der Waals surface area contributed by atoms with Gasteiger partial charge in [-0.05, 0) is 18.0 Å². The van der Waals surface area contributed by atoms with Crippen molar-refractivity contribution in [3.63, 3.8) is 0 Å². The summed E-state index contributed by atoms with van der Waals surface area (Å²) in [6.45, 7) is 5.20. The highest BCUT2D eigenvalue weighted by atomic mass is 35.5. The van der Waals surface area contributed by atoms with E-state index in [1.54, 1.807) is 0 Å². The van der Waals surface area contributed by atoms with Crippen LogP contribution in [-0.4, -0.2) is 59.0 Å². The van der Waals surface area contributed by atoms with E-state index in [2.05, 4.69) is 20.3 Å². The summed E-state index contributed by atoms with van der Waals surface area (Å²) in [6.07, 6.45) is 1.25. The van der Waals surface area contributed by atoms with E-state index in [4.69, 9.17) is 16.3 Å². The maximum atomic E-state index is 9.70. The van der Waals surface area contributed by atoms with Gasteiger partial charge in [0.2, 0.25) is 17.2 Å². The molecule has 8 heteroatoms. The van der Waals surface area contributed by atoms with E-state index in [0.717, 1.165) is 25.9 Å². The molecule has 0 spiro atoms. The summed E-state index contributed by atoms with van der Waals surface area (Å²) in [6, 6.07) is 0. The number of aromatic nitrogens is 3. The molecule has 0 saturated carbocycles. The van der Waals surface area contributed by atoms with Crippen molar-refractivity contribution >= 4 is 23.5 Å². The molecular weight excluding hydrogens is 282 g/mol. The number of anilines is 2. The minimum atomic E-state index is -0.414. The Balaban J connectivity index is 2.00. The summed E-state index contributed by atoms with van der Waals surface area (Å²) in [7, 11) is 0. The highest BCUT2D eigenvalue weighted by molar-refractivity contribution is 6.28. The number of morpholine rings is 1. The second-order valence-corrected chi connectivity index (χ2v) is 4.99. The van der Waals surface area contributed by atoms with Gasteiger partial charge in [-0.15, -0.1) is 0 Å². The van der Waals surface area contributed by atoms with Crippen LogP contribution < -0.4 is 10.2 Å². The van der Waals surface area contributed by atoms with Crippen LogP contribution in [0.1, 0.15) is 19.8 Å². The van der Waals surface area contributed by atoms with Crippen LogP contribution in [0.25, 0.3) is 0 Å². The number of halogens is 1. The first-order valence-corrected chi connectivity index (χ1v) is 7.23. The van der Waals surface area contributed by atoms with Gasteiger partial charge in [-0.25, -0.2) is 0 Å². The Kier molecular flexibility index (Phi) is 5.75. The third kappa shape index (κ3) is 4.43. The zero-order valence-corrected chi connectivity index (χ0v) is 12.3. The smallest absolute Gasteiger partial charge is 0.231 e. The van der Waals surface area contributed by atoms with E-state index in [9.17, 15) is 5.11 Å². The molecule has 1 aliphatic rings. The molecule has 20 heavy (non-hydrogen) atoms. The number of rotatable bonds is 6. The molecule has 1 aromatic heterocycles. The second-order valence-electron chi connectivity index (χ2n) is 4.65. The van der Waals surface area contributed by atoms with Crippen LogP contribution in [-0.2, 0) is 4.74 Å². The second kappa shape index (κ2) is 7.56. The van der Waals surface area contributed by atoms with E-state index in [1.165, 1.54) is 0 Å². The molecule has 1 unspecified atom stereocenters. The van der Waals surface area contributed by atoms with Crippen LogP contribution in [0.2, 0.25) is 5.28 Å². The van der Waals surface area contributed by atoms with Crippen molar-refractivity contribution in [1.29, 1.82) is 0 Å². The summed E-state index contributed by atoms with van der Waals surface area (Å²) in [5.41, 5.74) is 0. The maximum Gasteiger partial charge on any atom is 0.231 e. The highest BCUT2D eigenvalue weighted by Gasteiger charge is 2.16. The zero-order chi connectivity index (χ0) is 14.4. The van der Waals surface area contributed by atoms with E-state index in [0.29, 0.717) is 31.7 Å². The minimum absolute atomic E-state index is 0.147. The monoisotopic (exact) mass is 301 g/mol. The maximum absolute atomic E-state index is 9.70. The van der Waals surface area contributed by atoms with Crippen molar-refractivity contribution in [1.82, 2.24) is 15.0 Å². The molecule has 0 aromatic carbocycles. The largest absolute Gasteiger partial charge is 0.391 e. The van der Waals surface area contributed by atoms with E-state index < -0.39 is 6.10 Å². The standard InChI is InChI=1S/C12H20ClN5O2/c1-2-3-9(19)8-14-11-15-10(13)16-12(17-11)18-4-6-20-7-5-18/h9,19H,2-8H2,1H3,(H,14,15,16,17). The Labute approximate surface area is 123 Å². The van der Waals surface area contributed by atoms with Crippen LogP contribution in [0.15, 0.2) is 0 Å². The fraction of sp³-hybridized carbons (Fsp3) is 0.750. The molecule has 1 fully saturated rings. The fourth-order valence-corrected chi connectivity index (χ4v) is 2.12. The molecule has 1 aromatic rings. The lowest BCUT2D eigenvalue weighted by molar-refractivity contribution is 0.122. The molecule has 0 amide bonds. The van der Waals surface area contributed by atoms with Gasteiger partial charge in [0.05, 0.1) is 19.3 Å². The first kappa shape index (κ1) is 15.2. The number of hydrogen-bond donors (Lipinski definition) is 2.